The molecule has 0 unspecified atom stereocenters. The van der Waals surface area contributed by atoms with Gasteiger partial charge in [0.25, 0.3) is 0 Å². The van der Waals surface area contributed by atoms with Crippen molar-refractivity contribution in [2.75, 3.05) is 19.5 Å². The molecular formula is C15H16N2O2S. The van der Waals surface area contributed by atoms with Gasteiger partial charge in [0.15, 0.2) is 11.5 Å². The Morgan fingerprint density at radius 3 is 2.40 bits per heavy atom. The predicted molar refractivity (Wildman–Crippen MR) is 85.2 cm³/mol. The Hall–Kier alpha value is -2.27. The first-order chi connectivity index (χ1) is 9.65. The summed E-state index contributed by atoms with van der Waals surface area (Å²) in [6, 6.07) is 13.2. The van der Waals surface area contributed by atoms with Crippen molar-refractivity contribution in [3.8, 4) is 11.5 Å². The first kappa shape index (κ1) is 14.1. The first-order valence-electron chi connectivity index (χ1n) is 6.03. The van der Waals surface area contributed by atoms with Crippen LogP contribution < -0.4 is 20.5 Å². The Balaban J connectivity index is 2.33. The number of hydrogen-bond acceptors (Lipinski definition) is 4. The molecule has 0 spiro atoms. The van der Waals surface area contributed by atoms with Gasteiger partial charge in [0.05, 0.1) is 14.2 Å². The standard InChI is InChI=1S/C15H16N2O2S/c1-18-13-8-7-10(9-14(13)19-2)17-12-6-4-3-5-11(12)15(16)20/h3-9,17H,1-2H3,(H2,16,20). The zero-order valence-corrected chi connectivity index (χ0v) is 12.2. The number of hydrogen-bond donors (Lipinski definition) is 2. The highest BCUT2D eigenvalue weighted by atomic mass is 32.1. The van der Waals surface area contributed by atoms with Crippen molar-refractivity contribution < 1.29 is 9.47 Å². The summed E-state index contributed by atoms with van der Waals surface area (Å²) in [7, 11) is 3.21. The van der Waals surface area contributed by atoms with Crippen molar-refractivity contribution in [3.63, 3.8) is 0 Å². The van der Waals surface area contributed by atoms with Crippen LogP contribution in [0, 0.1) is 0 Å². The summed E-state index contributed by atoms with van der Waals surface area (Å²) in [6.45, 7) is 0. The fourth-order valence-corrected chi connectivity index (χ4v) is 2.05. The smallest absolute Gasteiger partial charge is 0.162 e. The summed E-state index contributed by atoms with van der Waals surface area (Å²) in [4.78, 5) is 0.355. The van der Waals surface area contributed by atoms with E-state index >= 15 is 0 Å². The molecule has 104 valence electrons. The van der Waals surface area contributed by atoms with Gasteiger partial charge in [0, 0.05) is 23.0 Å². The van der Waals surface area contributed by atoms with Gasteiger partial charge in [0.1, 0.15) is 4.99 Å². The van der Waals surface area contributed by atoms with E-state index in [-0.39, 0.29) is 0 Å². The van der Waals surface area contributed by atoms with Crippen LogP contribution in [-0.4, -0.2) is 19.2 Å². The van der Waals surface area contributed by atoms with Crippen molar-refractivity contribution in [3.05, 3.63) is 48.0 Å². The van der Waals surface area contributed by atoms with Gasteiger partial charge in [-0.05, 0) is 24.3 Å². The van der Waals surface area contributed by atoms with Gasteiger partial charge >= 0.3 is 0 Å². The molecule has 4 nitrogen and oxygen atoms in total. The second-order valence-corrected chi connectivity index (χ2v) is 4.54. The zero-order chi connectivity index (χ0) is 14.5. The molecule has 0 amide bonds. The van der Waals surface area contributed by atoms with E-state index in [1.165, 1.54) is 0 Å². The summed E-state index contributed by atoms with van der Waals surface area (Å²) >= 11 is 5.05. The fraction of sp³-hybridized carbons (Fsp3) is 0.133. The summed E-state index contributed by atoms with van der Waals surface area (Å²) in [5.41, 5.74) is 8.24. The summed E-state index contributed by atoms with van der Waals surface area (Å²) < 4.78 is 10.5. The number of rotatable bonds is 5. The monoisotopic (exact) mass is 288 g/mol. The number of para-hydroxylation sites is 1. The molecule has 0 aromatic heterocycles. The maximum atomic E-state index is 5.72. The SMILES string of the molecule is COc1ccc(Nc2ccccc2C(N)=S)cc1OC. The third-order valence-electron chi connectivity index (χ3n) is 2.86. The van der Waals surface area contributed by atoms with Crippen LogP contribution in [0.5, 0.6) is 11.5 Å². The number of thiocarbonyl (C=S) groups is 1. The molecule has 0 atom stereocenters. The van der Waals surface area contributed by atoms with Crippen LogP contribution in [0.25, 0.3) is 0 Å². The minimum absolute atomic E-state index is 0.355. The average Bonchev–Trinajstić information content (AvgIpc) is 2.47. The van der Waals surface area contributed by atoms with Crippen LogP contribution >= 0.6 is 12.2 Å². The number of anilines is 2. The second kappa shape index (κ2) is 6.25. The molecule has 2 aromatic carbocycles. The maximum Gasteiger partial charge on any atom is 0.162 e. The van der Waals surface area contributed by atoms with Crippen molar-refractivity contribution in [1.82, 2.24) is 0 Å². The molecule has 3 N–H and O–H groups in total. The highest BCUT2D eigenvalue weighted by Gasteiger charge is 2.07. The molecule has 0 bridgehead atoms. The molecular weight excluding hydrogens is 272 g/mol. The van der Waals surface area contributed by atoms with Crippen LogP contribution in [-0.2, 0) is 0 Å². The highest BCUT2D eigenvalue weighted by Crippen LogP contribution is 2.31. The van der Waals surface area contributed by atoms with Gasteiger partial charge in [0.2, 0.25) is 0 Å². The highest BCUT2D eigenvalue weighted by molar-refractivity contribution is 7.80. The lowest BCUT2D eigenvalue weighted by Gasteiger charge is -2.13. The Kier molecular flexibility index (Phi) is 4.42. The Bertz CT molecular complexity index is 629. The first-order valence-corrected chi connectivity index (χ1v) is 6.44. The zero-order valence-electron chi connectivity index (χ0n) is 11.3. The molecule has 0 aliphatic carbocycles. The topological polar surface area (TPSA) is 56.5 Å². The van der Waals surface area contributed by atoms with E-state index < -0.39 is 0 Å². The number of ether oxygens (including phenoxy) is 2. The largest absolute Gasteiger partial charge is 0.493 e. The van der Waals surface area contributed by atoms with Crippen LogP contribution in [0.3, 0.4) is 0 Å². The minimum Gasteiger partial charge on any atom is -0.493 e. The number of benzene rings is 2. The summed E-state index contributed by atoms with van der Waals surface area (Å²) in [5.74, 6) is 1.34. The molecule has 0 aliphatic rings. The number of nitrogens with two attached hydrogens (primary N) is 1. The third-order valence-corrected chi connectivity index (χ3v) is 3.07. The van der Waals surface area contributed by atoms with Crippen molar-refractivity contribution in [2.45, 2.75) is 0 Å². The predicted octanol–water partition coefficient (Wildman–Crippen LogP) is 3.08. The van der Waals surface area contributed by atoms with E-state index in [0.29, 0.717) is 16.5 Å². The van der Waals surface area contributed by atoms with Crippen LogP contribution in [0.15, 0.2) is 42.5 Å². The quantitative estimate of drug-likeness (QED) is 0.828. The molecule has 0 heterocycles. The van der Waals surface area contributed by atoms with Gasteiger partial charge in [-0.3, -0.25) is 0 Å². The van der Waals surface area contributed by atoms with E-state index in [4.69, 9.17) is 27.4 Å². The number of methoxy groups -OCH3 is 2. The number of nitrogens with one attached hydrogen (secondary N) is 1. The van der Waals surface area contributed by atoms with E-state index in [0.717, 1.165) is 16.9 Å². The van der Waals surface area contributed by atoms with Crippen molar-refractivity contribution in [2.24, 2.45) is 5.73 Å². The maximum absolute atomic E-state index is 5.72. The lowest BCUT2D eigenvalue weighted by Crippen LogP contribution is -2.11. The fourth-order valence-electron chi connectivity index (χ4n) is 1.88. The van der Waals surface area contributed by atoms with E-state index in [1.807, 2.05) is 42.5 Å². The molecule has 0 aliphatic heterocycles. The van der Waals surface area contributed by atoms with Crippen LogP contribution in [0.1, 0.15) is 5.56 Å². The van der Waals surface area contributed by atoms with Gasteiger partial charge < -0.3 is 20.5 Å². The Morgan fingerprint density at radius 2 is 1.75 bits per heavy atom. The van der Waals surface area contributed by atoms with Crippen LogP contribution in [0.4, 0.5) is 11.4 Å². The molecule has 2 aromatic rings. The molecule has 0 saturated heterocycles. The lowest BCUT2D eigenvalue weighted by molar-refractivity contribution is 0.355. The van der Waals surface area contributed by atoms with E-state index in [9.17, 15) is 0 Å². The molecule has 0 radical (unpaired) electrons. The molecule has 0 saturated carbocycles. The van der Waals surface area contributed by atoms with Gasteiger partial charge in [-0.25, -0.2) is 0 Å². The van der Waals surface area contributed by atoms with Crippen molar-refractivity contribution in [1.29, 1.82) is 0 Å². The lowest BCUT2D eigenvalue weighted by atomic mass is 10.1. The Labute approximate surface area is 123 Å². The second-order valence-electron chi connectivity index (χ2n) is 4.10. The summed E-state index contributed by atoms with van der Waals surface area (Å²) in [5, 5.41) is 3.28. The van der Waals surface area contributed by atoms with Gasteiger partial charge in [-0.1, -0.05) is 24.4 Å². The molecule has 5 heteroatoms. The summed E-state index contributed by atoms with van der Waals surface area (Å²) in [6.07, 6.45) is 0. The Morgan fingerprint density at radius 1 is 1.05 bits per heavy atom. The third kappa shape index (κ3) is 3.00. The van der Waals surface area contributed by atoms with E-state index in [1.54, 1.807) is 14.2 Å². The molecule has 0 fully saturated rings. The van der Waals surface area contributed by atoms with Gasteiger partial charge in [-0.15, -0.1) is 0 Å². The minimum atomic E-state index is 0.355. The van der Waals surface area contributed by atoms with Crippen molar-refractivity contribution >= 4 is 28.6 Å². The van der Waals surface area contributed by atoms with Crippen LogP contribution in [0.2, 0.25) is 0 Å². The normalized spacial score (nSPS) is 9.90. The van der Waals surface area contributed by atoms with E-state index in [2.05, 4.69) is 5.32 Å². The molecule has 20 heavy (non-hydrogen) atoms. The average molecular weight is 288 g/mol. The van der Waals surface area contributed by atoms with Gasteiger partial charge in [-0.2, -0.15) is 0 Å². The molecule has 2 rings (SSSR count).